The second-order valence-corrected chi connectivity index (χ2v) is 7.46. The number of carbonyl (C=O) groups excluding carboxylic acids is 1. The minimum atomic E-state index is -0.363. The van der Waals surface area contributed by atoms with Crippen molar-refractivity contribution in [2.24, 2.45) is 10.7 Å². The van der Waals surface area contributed by atoms with Crippen LogP contribution in [0.1, 0.15) is 18.4 Å². The Balaban J connectivity index is 1.34. The van der Waals surface area contributed by atoms with E-state index in [1.165, 1.54) is 0 Å². The molecule has 1 heterocycles. The van der Waals surface area contributed by atoms with Gasteiger partial charge in [0.25, 0.3) is 5.91 Å². The van der Waals surface area contributed by atoms with Crippen LogP contribution in [-0.2, 0) is 16.1 Å². The number of guanidine groups is 1. The summed E-state index contributed by atoms with van der Waals surface area (Å²) in [6, 6.07) is 24.6. The Morgan fingerprint density at radius 2 is 1.72 bits per heavy atom. The molecule has 0 spiro atoms. The van der Waals surface area contributed by atoms with Crippen molar-refractivity contribution in [3.05, 3.63) is 84.4 Å². The summed E-state index contributed by atoms with van der Waals surface area (Å²) in [4.78, 5) is 16.6. The zero-order valence-electron chi connectivity index (χ0n) is 17.7. The van der Waals surface area contributed by atoms with Gasteiger partial charge in [-0.3, -0.25) is 4.79 Å². The molecular weight excluding hydrogens is 404 g/mol. The van der Waals surface area contributed by atoms with Crippen molar-refractivity contribution in [2.45, 2.75) is 25.5 Å². The molecule has 1 atom stereocenters. The number of anilines is 2. The molecule has 1 aliphatic rings. The SMILES string of the molecule is NC(=NCc1cccc(NC(=O)C2CCCO2)c1)Nc1cccc(Oc2ccccc2)c1. The predicted molar refractivity (Wildman–Crippen MR) is 126 cm³/mol. The normalized spacial score (nSPS) is 15.9. The molecule has 1 amide bonds. The van der Waals surface area contributed by atoms with Gasteiger partial charge in [0.1, 0.15) is 17.6 Å². The molecule has 1 unspecified atom stereocenters. The summed E-state index contributed by atoms with van der Waals surface area (Å²) in [6.07, 6.45) is 1.31. The zero-order valence-corrected chi connectivity index (χ0v) is 17.7. The Hall–Kier alpha value is -3.84. The van der Waals surface area contributed by atoms with Gasteiger partial charge in [0.15, 0.2) is 5.96 Å². The number of hydrogen-bond donors (Lipinski definition) is 3. The first-order valence-corrected chi connectivity index (χ1v) is 10.6. The lowest BCUT2D eigenvalue weighted by atomic mass is 10.2. The topological polar surface area (TPSA) is 98.0 Å². The van der Waals surface area contributed by atoms with E-state index in [9.17, 15) is 4.79 Å². The molecule has 7 heteroatoms. The maximum atomic E-state index is 12.2. The van der Waals surface area contributed by atoms with Crippen LogP contribution in [0, 0.1) is 0 Å². The molecule has 32 heavy (non-hydrogen) atoms. The van der Waals surface area contributed by atoms with Crippen LogP contribution in [0.5, 0.6) is 11.5 Å². The molecule has 3 aromatic rings. The monoisotopic (exact) mass is 430 g/mol. The number of ether oxygens (including phenoxy) is 2. The third-order valence-corrected chi connectivity index (χ3v) is 4.93. The fourth-order valence-electron chi connectivity index (χ4n) is 3.38. The van der Waals surface area contributed by atoms with Crippen molar-refractivity contribution in [2.75, 3.05) is 17.2 Å². The third kappa shape index (κ3) is 6.09. The van der Waals surface area contributed by atoms with Gasteiger partial charge in [-0.05, 0) is 54.8 Å². The number of para-hydroxylation sites is 1. The number of carbonyl (C=O) groups is 1. The summed E-state index contributed by atoms with van der Waals surface area (Å²) in [6.45, 7) is 1.02. The first kappa shape index (κ1) is 21.4. The van der Waals surface area contributed by atoms with Crippen molar-refractivity contribution in [3.63, 3.8) is 0 Å². The summed E-state index contributed by atoms with van der Waals surface area (Å²) in [7, 11) is 0. The molecule has 1 saturated heterocycles. The number of benzene rings is 3. The predicted octanol–water partition coefficient (Wildman–Crippen LogP) is 4.52. The maximum Gasteiger partial charge on any atom is 0.253 e. The molecule has 3 aromatic carbocycles. The largest absolute Gasteiger partial charge is 0.457 e. The lowest BCUT2D eigenvalue weighted by Gasteiger charge is -2.11. The average molecular weight is 431 g/mol. The Bertz CT molecular complexity index is 1080. The summed E-state index contributed by atoms with van der Waals surface area (Å²) >= 11 is 0. The highest BCUT2D eigenvalue weighted by Crippen LogP contribution is 2.24. The summed E-state index contributed by atoms with van der Waals surface area (Å²) in [5.74, 6) is 1.64. The lowest BCUT2D eigenvalue weighted by Crippen LogP contribution is -2.26. The molecular formula is C25H26N4O3. The van der Waals surface area contributed by atoms with Gasteiger partial charge in [0, 0.05) is 24.0 Å². The van der Waals surface area contributed by atoms with Crippen LogP contribution < -0.4 is 21.1 Å². The number of nitrogens with two attached hydrogens (primary N) is 1. The van der Waals surface area contributed by atoms with Gasteiger partial charge < -0.3 is 25.8 Å². The van der Waals surface area contributed by atoms with E-state index >= 15 is 0 Å². The van der Waals surface area contributed by atoms with Crippen LogP contribution >= 0.6 is 0 Å². The molecule has 7 nitrogen and oxygen atoms in total. The van der Waals surface area contributed by atoms with Crippen molar-refractivity contribution in [1.82, 2.24) is 0 Å². The van der Waals surface area contributed by atoms with E-state index in [1.807, 2.05) is 78.9 Å². The van der Waals surface area contributed by atoms with Gasteiger partial charge in [-0.15, -0.1) is 0 Å². The van der Waals surface area contributed by atoms with Gasteiger partial charge >= 0.3 is 0 Å². The number of amides is 1. The second kappa shape index (κ2) is 10.5. The minimum absolute atomic E-state index is 0.109. The van der Waals surface area contributed by atoms with Gasteiger partial charge in [0.05, 0.1) is 6.54 Å². The number of nitrogens with zero attached hydrogens (tertiary/aromatic N) is 1. The highest BCUT2D eigenvalue weighted by molar-refractivity contribution is 5.94. The molecule has 1 aliphatic heterocycles. The first-order chi connectivity index (χ1) is 15.7. The summed E-state index contributed by atoms with van der Waals surface area (Å²) < 4.78 is 11.3. The number of aliphatic imine (C=N–C) groups is 1. The van der Waals surface area contributed by atoms with E-state index in [1.54, 1.807) is 0 Å². The fraction of sp³-hybridized carbons (Fsp3) is 0.200. The standard InChI is InChI=1S/C25H26N4O3/c26-25(29-20-9-5-12-22(16-20)32-21-10-2-1-3-11-21)27-17-18-7-4-8-19(15-18)28-24(30)23-13-6-14-31-23/h1-5,7-12,15-16,23H,6,13-14,17H2,(H,28,30)(H3,26,27,29). The van der Waals surface area contributed by atoms with E-state index in [4.69, 9.17) is 15.2 Å². The zero-order chi connectivity index (χ0) is 22.2. The van der Waals surface area contributed by atoms with Gasteiger partial charge in [-0.25, -0.2) is 4.99 Å². The van der Waals surface area contributed by atoms with Crippen LogP contribution in [0.4, 0.5) is 11.4 Å². The molecule has 0 aromatic heterocycles. The van der Waals surface area contributed by atoms with Gasteiger partial charge in [0.2, 0.25) is 0 Å². The summed E-state index contributed by atoms with van der Waals surface area (Å²) in [5, 5.41) is 5.99. The van der Waals surface area contributed by atoms with Crippen LogP contribution in [-0.4, -0.2) is 24.6 Å². The van der Waals surface area contributed by atoms with Crippen molar-refractivity contribution < 1.29 is 14.3 Å². The average Bonchev–Trinajstić information content (AvgIpc) is 3.34. The summed E-state index contributed by atoms with van der Waals surface area (Å²) in [5.41, 5.74) is 8.49. The molecule has 164 valence electrons. The first-order valence-electron chi connectivity index (χ1n) is 10.6. The molecule has 0 aliphatic carbocycles. The third-order valence-electron chi connectivity index (χ3n) is 4.93. The lowest BCUT2D eigenvalue weighted by molar-refractivity contribution is -0.124. The molecule has 4 N–H and O–H groups in total. The highest BCUT2D eigenvalue weighted by Gasteiger charge is 2.23. The smallest absolute Gasteiger partial charge is 0.253 e. The Labute approximate surface area is 187 Å². The Kier molecular flexibility index (Phi) is 6.99. The highest BCUT2D eigenvalue weighted by atomic mass is 16.5. The van der Waals surface area contributed by atoms with Gasteiger partial charge in [-0.2, -0.15) is 0 Å². The maximum absolute atomic E-state index is 12.2. The van der Waals surface area contributed by atoms with Crippen LogP contribution in [0.2, 0.25) is 0 Å². The van der Waals surface area contributed by atoms with Crippen LogP contribution in [0.25, 0.3) is 0 Å². The minimum Gasteiger partial charge on any atom is -0.457 e. The fourth-order valence-corrected chi connectivity index (χ4v) is 3.38. The molecule has 0 radical (unpaired) electrons. The number of rotatable bonds is 7. The second-order valence-electron chi connectivity index (χ2n) is 7.46. The molecule has 0 bridgehead atoms. The van der Waals surface area contributed by atoms with Crippen molar-refractivity contribution in [3.8, 4) is 11.5 Å². The van der Waals surface area contributed by atoms with Crippen molar-refractivity contribution in [1.29, 1.82) is 0 Å². The molecule has 0 saturated carbocycles. The van der Waals surface area contributed by atoms with Gasteiger partial charge in [-0.1, -0.05) is 36.4 Å². The van der Waals surface area contributed by atoms with E-state index < -0.39 is 0 Å². The molecule has 1 fully saturated rings. The van der Waals surface area contributed by atoms with E-state index in [2.05, 4.69) is 15.6 Å². The van der Waals surface area contributed by atoms with Crippen LogP contribution in [0.3, 0.4) is 0 Å². The van der Waals surface area contributed by atoms with E-state index in [0.29, 0.717) is 18.9 Å². The Morgan fingerprint density at radius 3 is 2.50 bits per heavy atom. The van der Waals surface area contributed by atoms with Crippen LogP contribution in [0.15, 0.2) is 83.9 Å². The van der Waals surface area contributed by atoms with E-state index in [0.717, 1.165) is 35.5 Å². The number of nitrogens with one attached hydrogen (secondary N) is 2. The Morgan fingerprint density at radius 1 is 0.969 bits per heavy atom. The quantitative estimate of drug-likeness (QED) is 0.378. The van der Waals surface area contributed by atoms with E-state index in [-0.39, 0.29) is 18.0 Å². The number of hydrogen-bond acceptors (Lipinski definition) is 4. The molecule has 4 rings (SSSR count). The van der Waals surface area contributed by atoms with Crippen molar-refractivity contribution >= 4 is 23.2 Å².